The lowest BCUT2D eigenvalue weighted by molar-refractivity contribution is 0.0609. The van der Waals surface area contributed by atoms with Crippen molar-refractivity contribution in [1.29, 1.82) is 0 Å². The smallest absolute Gasteiger partial charge is 0.254 e. The van der Waals surface area contributed by atoms with Gasteiger partial charge >= 0.3 is 0 Å². The van der Waals surface area contributed by atoms with E-state index in [0.717, 1.165) is 0 Å². The van der Waals surface area contributed by atoms with Gasteiger partial charge in [-0.1, -0.05) is 17.7 Å². The molecule has 6 heteroatoms. The average molecular weight is 262 g/mol. The van der Waals surface area contributed by atoms with Crippen LogP contribution in [0.15, 0.2) is 18.2 Å². The van der Waals surface area contributed by atoms with Crippen molar-refractivity contribution in [3.63, 3.8) is 0 Å². The lowest BCUT2D eigenvalue weighted by Crippen LogP contribution is -2.34. The Kier molecular flexibility index (Phi) is 5.34. The number of amides is 1. The fourth-order valence-corrected chi connectivity index (χ4v) is 1.41. The van der Waals surface area contributed by atoms with E-state index in [1.54, 1.807) is 0 Å². The highest BCUT2D eigenvalue weighted by molar-refractivity contribution is 6.31. The highest BCUT2D eigenvalue weighted by atomic mass is 35.5. The zero-order chi connectivity index (χ0) is 12.8. The second-order valence-corrected chi connectivity index (χ2v) is 3.83. The molecule has 0 spiro atoms. The maximum Gasteiger partial charge on any atom is 0.254 e. The maximum atomic E-state index is 13.4. The molecule has 17 heavy (non-hydrogen) atoms. The van der Waals surface area contributed by atoms with E-state index in [1.165, 1.54) is 25.3 Å². The number of benzene rings is 1. The van der Waals surface area contributed by atoms with Crippen LogP contribution in [0, 0.1) is 5.82 Å². The topological polar surface area (TPSA) is 58.6 Å². The van der Waals surface area contributed by atoms with Crippen molar-refractivity contribution in [1.82, 2.24) is 5.32 Å². The summed E-state index contributed by atoms with van der Waals surface area (Å²) >= 11 is 5.55. The number of carbonyl (C=O) groups excluding carboxylic acids is 1. The molecule has 1 aromatic rings. The Hall–Kier alpha value is -1.17. The molecule has 0 bridgehead atoms. The van der Waals surface area contributed by atoms with Gasteiger partial charge in [-0.25, -0.2) is 4.39 Å². The van der Waals surface area contributed by atoms with E-state index in [4.69, 9.17) is 11.6 Å². The van der Waals surface area contributed by atoms with Gasteiger partial charge < -0.3 is 15.2 Å². The minimum atomic E-state index is -0.828. The monoisotopic (exact) mass is 261 g/mol. The first kappa shape index (κ1) is 13.9. The van der Waals surface area contributed by atoms with Crippen molar-refractivity contribution in [3.8, 4) is 0 Å². The number of aliphatic hydroxyl groups is 1. The summed E-state index contributed by atoms with van der Waals surface area (Å²) in [5.41, 5.74) is -0.151. The molecule has 94 valence electrons. The predicted molar refractivity (Wildman–Crippen MR) is 61.6 cm³/mol. The summed E-state index contributed by atoms with van der Waals surface area (Å²) in [5.74, 6) is -1.40. The van der Waals surface area contributed by atoms with E-state index in [2.05, 4.69) is 10.1 Å². The number of ether oxygens (including phenoxy) is 1. The van der Waals surface area contributed by atoms with E-state index in [-0.39, 0.29) is 23.7 Å². The summed E-state index contributed by atoms with van der Waals surface area (Å²) in [6.07, 6.45) is -0.828. The molecule has 1 amide bonds. The zero-order valence-corrected chi connectivity index (χ0v) is 10.00. The summed E-state index contributed by atoms with van der Waals surface area (Å²) in [6, 6.07) is 4.15. The van der Waals surface area contributed by atoms with Crippen LogP contribution in [0.1, 0.15) is 10.4 Å². The van der Waals surface area contributed by atoms with Crippen molar-refractivity contribution >= 4 is 17.5 Å². The Balaban J connectivity index is 2.61. The fraction of sp³-hybridized carbons (Fsp3) is 0.364. The number of rotatable bonds is 5. The maximum absolute atomic E-state index is 13.4. The first-order valence-electron chi connectivity index (χ1n) is 4.95. The van der Waals surface area contributed by atoms with Crippen LogP contribution in [0.2, 0.25) is 5.02 Å². The molecule has 1 aromatic carbocycles. The lowest BCUT2D eigenvalue weighted by Gasteiger charge is -2.11. The first-order chi connectivity index (χ1) is 8.06. The molecule has 0 aliphatic carbocycles. The Morgan fingerprint density at radius 1 is 1.65 bits per heavy atom. The molecule has 1 atom stereocenters. The summed E-state index contributed by atoms with van der Waals surface area (Å²) in [7, 11) is 1.43. The number of hydrogen-bond donors (Lipinski definition) is 2. The van der Waals surface area contributed by atoms with Crippen LogP contribution in [-0.4, -0.2) is 37.4 Å². The molecule has 0 aliphatic rings. The van der Waals surface area contributed by atoms with Crippen LogP contribution in [0.3, 0.4) is 0 Å². The van der Waals surface area contributed by atoms with Crippen molar-refractivity contribution in [3.05, 3.63) is 34.6 Å². The van der Waals surface area contributed by atoms with Crippen molar-refractivity contribution < 1.29 is 19.0 Å². The number of methoxy groups -OCH3 is 1. The minimum absolute atomic E-state index is 0.0153. The van der Waals surface area contributed by atoms with Gasteiger partial charge in [-0.3, -0.25) is 4.79 Å². The van der Waals surface area contributed by atoms with Crippen molar-refractivity contribution in [2.75, 3.05) is 20.3 Å². The summed E-state index contributed by atoms with van der Waals surface area (Å²) in [4.78, 5) is 11.6. The van der Waals surface area contributed by atoms with E-state index < -0.39 is 17.8 Å². The molecular weight excluding hydrogens is 249 g/mol. The number of halogens is 2. The predicted octanol–water partition coefficient (Wildman–Crippen LogP) is 1.22. The molecule has 0 radical (unpaired) electrons. The molecule has 0 saturated heterocycles. The SMILES string of the molecule is COCC(O)CNC(=O)c1cccc(Cl)c1F. The highest BCUT2D eigenvalue weighted by Crippen LogP contribution is 2.17. The molecule has 0 fully saturated rings. The minimum Gasteiger partial charge on any atom is -0.389 e. The quantitative estimate of drug-likeness (QED) is 0.838. The molecular formula is C11H13ClFNO3. The van der Waals surface area contributed by atoms with E-state index in [0.29, 0.717) is 0 Å². The zero-order valence-electron chi connectivity index (χ0n) is 9.24. The Morgan fingerprint density at radius 2 is 2.35 bits per heavy atom. The third-order valence-electron chi connectivity index (χ3n) is 2.05. The van der Waals surface area contributed by atoms with E-state index >= 15 is 0 Å². The van der Waals surface area contributed by atoms with Gasteiger partial charge in [-0.15, -0.1) is 0 Å². The number of nitrogens with one attached hydrogen (secondary N) is 1. The van der Waals surface area contributed by atoms with Gasteiger partial charge in [0.15, 0.2) is 5.82 Å². The molecule has 1 unspecified atom stereocenters. The van der Waals surface area contributed by atoms with Crippen LogP contribution in [0.5, 0.6) is 0 Å². The van der Waals surface area contributed by atoms with Crippen LogP contribution in [0.25, 0.3) is 0 Å². The molecule has 0 heterocycles. The fourth-order valence-electron chi connectivity index (χ4n) is 1.24. The third kappa shape index (κ3) is 3.96. The van der Waals surface area contributed by atoms with E-state index in [9.17, 15) is 14.3 Å². The third-order valence-corrected chi connectivity index (χ3v) is 2.35. The normalized spacial score (nSPS) is 12.2. The largest absolute Gasteiger partial charge is 0.389 e. The average Bonchev–Trinajstić information content (AvgIpc) is 2.30. The number of hydrogen-bond acceptors (Lipinski definition) is 3. The standard InChI is InChI=1S/C11H13ClFNO3/c1-17-6-7(15)5-14-11(16)8-3-2-4-9(12)10(8)13/h2-4,7,15H,5-6H2,1H3,(H,14,16). The van der Waals surface area contributed by atoms with Crippen LogP contribution in [-0.2, 0) is 4.74 Å². The molecule has 0 aromatic heterocycles. The van der Waals surface area contributed by atoms with Gasteiger partial charge in [0.2, 0.25) is 0 Å². The number of aliphatic hydroxyl groups excluding tert-OH is 1. The lowest BCUT2D eigenvalue weighted by atomic mass is 10.2. The molecule has 0 aliphatic heterocycles. The summed E-state index contributed by atoms with van der Waals surface area (Å²) < 4.78 is 18.1. The summed E-state index contributed by atoms with van der Waals surface area (Å²) in [6.45, 7) is 0.0803. The molecule has 4 nitrogen and oxygen atoms in total. The first-order valence-corrected chi connectivity index (χ1v) is 5.33. The Labute approximate surface area is 103 Å². The van der Waals surface area contributed by atoms with E-state index in [1.807, 2.05) is 0 Å². The van der Waals surface area contributed by atoms with Crippen LogP contribution < -0.4 is 5.32 Å². The van der Waals surface area contributed by atoms with Gasteiger partial charge in [-0.2, -0.15) is 0 Å². The Bertz CT molecular complexity index is 400. The van der Waals surface area contributed by atoms with Gasteiger partial charge in [-0.05, 0) is 12.1 Å². The van der Waals surface area contributed by atoms with Crippen molar-refractivity contribution in [2.45, 2.75) is 6.10 Å². The van der Waals surface area contributed by atoms with Crippen LogP contribution in [0.4, 0.5) is 4.39 Å². The van der Waals surface area contributed by atoms with Gasteiger partial charge in [0.05, 0.1) is 23.3 Å². The molecule has 2 N–H and O–H groups in total. The van der Waals surface area contributed by atoms with Gasteiger partial charge in [0.1, 0.15) is 0 Å². The highest BCUT2D eigenvalue weighted by Gasteiger charge is 2.14. The van der Waals surface area contributed by atoms with Crippen molar-refractivity contribution in [2.24, 2.45) is 0 Å². The van der Waals surface area contributed by atoms with Gasteiger partial charge in [0.25, 0.3) is 5.91 Å². The van der Waals surface area contributed by atoms with Crippen LogP contribution >= 0.6 is 11.6 Å². The number of carbonyl (C=O) groups is 1. The molecule has 1 rings (SSSR count). The second-order valence-electron chi connectivity index (χ2n) is 3.42. The van der Waals surface area contributed by atoms with Gasteiger partial charge in [0, 0.05) is 13.7 Å². The second kappa shape index (κ2) is 6.54. The Morgan fingerprint density at radius 3 is 3.00 bits per heavy atom. The summed E-state index contributed by atoms with van der Waals surface area (Å²) in [5, 5.41) is 11.6. The molecule has 0 saturated carbocycles.